The zero-order valence-electron chi connectivity index (χ0n) is 8.25. The highest BCUT2D eigenvalue weighted by Gasteiger charge is 2.56. The van der Waals surface area contributed by atoms with Gasteiger partial charge in [0.2, 0.25) is 0 Å². The van der Waals surface area contributed by atoms with Crippen molar-refractivity contribution < 1.29 is 23.8 Å². The number of carboxylic acids is 1. The third-order valence-electron chi connectivity index (χ3n) is 2.27. The number of hydrogen-bond acceptors (Lipinski definition) is 2. The van der Waals surface area contributed by atoms with Crippen LogP contribution in [0.15, 0.2) is 28.7 Å². The highest BCUT2D eigenvalue weighted by molar-refractivity contribution is 9.10. The molecule has 1 unspecified atom stereocenters. The monoisotopic (exact) mass is 294 g/mol. The topological polar surface area (TPSA) is 57.5 Å². The quantitative estimate of drug-likeness (QED) is 0.900. The van der Waals surface area contributed by atoms with Gasteiger partial charge in [-0.25, -0.2) is 4.79 Å². The normalized spacial score (nSPS) is 15.6. The smallest absolute Gasteiger partial charge is 0.378 e. The highest BCUT2D eigenvalue weighted by atomic mass is 79.9. The molecule has 0 spiro atoms. The van der Waals surface area contributed by atoms with Crippen molar-refractivity contribution in [3.05, 3.63) is 34.3 Å². The Morgan fingerprint density at radius 2 is 2.00 bits per heavy atom. The minimum atomic E-state index is -4.26. The second kappa shape index (κ2) is 4.10. The summed E-state index contributed by atoms with van der Waals surface area (Å²) in [5.41, 5.74) is -2.93. The standard InChI is InChI=1S/C10H9BrF2O3/c1-9(16,10(12,13)8(14)15)6-3-2-4-7(11)5-6/h2-5,16H,1H3,(H,14,15). The number of carbonyl (C=O) groups is 1. The first-order valence-electron chi connectivity index (χ1n) is 4.29. The number of carboxylic acid groups (broad SMARTS) is 1. The molecule has 0 saturated carbocycles. The van der Waals surface area contributed by atoms with Gasteiger partial charge in [-0.15, -0.1) is 0 Å². The predicted octanol–water partition coefficient (Wildman–Crippen LogP) is 2.38. The van der Waals surface area contributed by atoms with E-state index in [0.29, 0.717) is 4.47 Å². The molecule has 0 amide bonds. The number of benzene rings is 1. The van der Waals surface area contributed by atoms with Gasteiger partial charge in [0.25, 0.3) is 0 Å². The second-order valence-electron chi connectivity index (χ2n) is 3.46. The Morgan fingerprint density at radius 1 is 1.44 bits per heavy atom. The first-order valence-corrected chi connectivity index (χ1v) is 5.08. The molecule has 6 heteroatoms. The lowest BCUT2D eigenvalue weighted by Gasteiger charge is -2.29. The highest BCUT2D eigenvalue weighted by Crippen LogP contribution is 2.38. The van der Waals surface area contributed by atoms with Gasteiger partial charge in [-0.1, -0.05) is 28.1 Å². The van der Waals surface area contributed by atoms with Gasteiger partial charge in [0.1, 0.15) is 0 Å². The fourth-order valence-electron chi connectivity index (χ4n) is 1.18. The molecule has 0 heterocycles. The lowest BCUT2D eigenvalue weighted by atomic mass is 9.89. The molecule has 1 rings (SSSR count). The molecule has 0 aromatic heterocycles. The van der Waals surface area contributed by atoms with E-state index in [1.54, 1.807) is 6.07 Å². The summed E-state index contributed by atoms with van der Waals surface area (Å²) in [6, 6.07) is 5.50. The molecule has 0 radical (unpaired) electrons. The molecule has 0 aliphatic rings. The van der Waals surface area contributed by atoms with Crippen LogP contribution < -0.4 is 0 Å². The third-order valence-corrected chi connectivity index (χ3v) is 2.76. The van der Waals surface area contributed by atoms with Gasteiger partial charge in [0.15, 0.2) is 5.60 Å². The van der Waals surface area contributed by atoms with E-state index in [9.17, 15) is 18.7 Å². The number of alkyl halides is 2. The zero-order chi connectivity index (χ0) is 12.6. The van der Waals surface area contributed by atoms with Crippen molar-refractivity contribution in [2.45, 2.75) is 18.4 Å². The molecule has 0 aliphatic carbocycles. The maximum absolute atomic E-state index is 13.3. The van der Waals surface area contributed by atoms with E-state index >= 15 is 0 Å². The Morgan fingerprint density at radius 3 is 2.44 bits per heavy atom. The molecule has 88 valence electrons. The van der Waals surface area contributed by atoms with E-state index in [1.165, 1.54) is 18.2 Å². The largest absolute Gasteiger partial charge is 0.477 e. The predicted molar refractivity (Wildman–Crippen MR) is 56.3 cm³/mol. The van der Waals surface area contributed by atoms with E-state index in [2.05, 4.69) is 15.9 Å². The molecule has 1 atom stereocenters. The summed E-state index contributed by atoms with van der Waals surface area (Å²) < 4.78 is 27.0. The van der Waals surface area contributed by atoms with E-state index in [4.69, 9.17) is 5.11 Å². The molecule has 3 nitrogen and oxygen atoms in total. The van der Waals surface area contributed by atoms with Gasteiger partial charge in [-0.2, -0.15) is 8.78 Å². The van der Waals surface area contributed by atoms with Crippen molar-refractivity contribution in [1.82, 2.24) is 0 Å². The first-order chi connectivity index (χ1) is 7.19. The van der Waals surface area contributed by atoms with Crippen LogP contribution in [0.5, 0.6) is 0 Å². The van der Waals surface area contributed by atoms with Crippen molar-refractivity contribution in [2.24, 2.45) is 0 Å². The van der Waals surface area contributed by atoms with E-state index in [1.807, 2.05) is 0 Å². The Balaban J connectivity index is 3.26. The van der Waals surface area contributed by atoms with Crippen LogP contribution in [0, 0.1) is 0 Å². The molecule has 0 aliphatic heterocycles. The van der Waals surface area contributed by atoms with Crippen molar-refractivity contribution in [1.29, 1.82) is 0 Å². The van der Waals surface area contributed by atoms with Crippen LogP contribution in [-0.4, -0.2) is 22.1 Å². The first kappa shape index (κ1) is 13.1. The lowest BCUT2D eigenvalue weighted by Crippen LogP contribution is -2.48. The van der Waals surface area contributed by atoms with Crippen LogP contribution in [0.25, 0.3) is 0 Å². The number of aliphatic hydroxyl groups is 1. The Labute approximate surface area is 98.8 Å². The average molecular weight is 295 g/mol. The van der Waals surface area contributed by atoms with Gasteiger partial charge in [0, 0.05) is 4.47 Å². The van der Waals surface area contributed by atoms with Crippen molar-refractivity contribution in [2.75, 3.05) is 0 Å². The van der Waals surface area contributed by atoms with Gasteiger partial charge >= 0.3 is 11.9 Å². The fourth-order valence-corrected chi connectivity index (χ4v) is 1.58. The fraction of sp³-hybridized carbons (Fsp3) is 0.300. The molecular formula is C10H9BrF2O3. The Bertz CT molecular complexity index is 418. The summed E-state index contributed by atoms with van der Waals surface area (Å²) in [6.07, 6.45) is 0. The number of rotatable bonds is 3. The summed E-state index contributed by atoms with van der Waals surface area (Å²) >= 11 is 3.05. The Kier molecular flexibility index (Phi) is 3.35. The van der Waals surface area contributed by atoms with Gasteiger partial charge in [-0.05, 0) is 24.6 Å². The summed E-state index contributed by atoms with van der Waals surface area (Å²) in [7, 11) is 0. The lowest BCUT2D eigenvalue weighted by molar-refractivity contribution is -0.207. The molecule has 16 heavy (non-hydrogen) atoms. The van der Waals surface area contributed by atoms with Gasteiger partial charge in [0.05, 0.1) is 0 Å². The molecule has 1 aromatic rings. The van der Waals surface area contributed by atoms with E-state index in [-0.39, 0.29) is 5.56 Å². The van der Waals surface area contributed by atoms with Crippen molar-refractivity contribution in [3.8, 4) is 0 Å². The molecule has 0 bridgehead atoms. The summed E-state index contributed by atoms with van der Waals surface area (Å²) in [5, 5.41) is 18.0. The summed E-state index contributed by atoms with van der Waals surface area (Å²) in [6.45, 7) is 0.767. The van der Waals surface area contributed by atoms with Crippen molar-refractivity contribution >= 4 is 21.9 Å². The van der Waals surface area contributed by atoms with Crippen LogP contribution >= 0.6 is 15.9 Å². The summed E-state index contributed by atoms with van der Waals surface area (Å²) in [5.74, 6) is -6.62. The second-order valence-corrected chi connectivity index (χ2v) is 4.38. The van der Waals surface area contributed by atoms with Crippen LogP contribution in [0.1, 0.15) is 12.5 Å². The van der Waals surface area contributed by atoms with E-state index < -0.39 is 17.5 Å². The van der Waals surface area contributed by atoms with E-state index in [0.717, 1.165) is 6.92 Å². The maximum Gasteiger partial charge on any atom is 0.378 e. The van der Waals surface area contributed by atoms with Crippen LogP contribution in [0.2, 0.25) is 0 Å². The zero-order valence-corrected chi connectivity index (χ0v) is 9.83. The third kappa shape index (κ3) is 2.08. The minimum Gasteiger partial charge on any atom is -0.477 e. The SMILES string of the molecule is CC(O)(c1cccc(Br)c1)C(F)(F)C(=O)O. The van der Waals surface area contributed by atoms with Gasteiger partial charge in [-0.3, -0.25) is 0 Å². The van der Waals surface area contributed by atoms with Gasteiger partial charge < -0.3 is 10.2 Å². The number of aliphatic carboxylic acids is 1. The minimum absolute atomic E-state index is 0.172. The maximum atomic E-state index is 13.3. The Hall–Kier alpha value is -1.01. The number of hydrogen-bond donors (Lipinski definition) is 2. The molecule has 1 aromatic carbocycles. The van der Waals surface area contributed by atoms with Crippen LogP contribution in [-0.2, 0) is 10.4 Å². The van der Waals surface area contributed by atoms with Crippen molar-refractivity contribution in [3.63, 3.8) is 0 Å². The molecule has 2 N–H and O–H groups in total. The molecule has 0 fully saturated rings. The van der Waals surface area contributed by atoms with Crippen LogP contribution in [0.3, 0.4) is 0 Å². The summed E-state index contributed by atoms with van der Waals surface area (Å²) in [4.78, 5) is 10.4. The molecule has 0 saturated heterocycles. The average Bonchev–Trinajstić information content (AvgIpc) is 2.17. The van der Waals surface area contributed by atoms with Crippen LogP contribution in [0.4, 0.5) is 8.78 Å². The number of halogens is 3. The molecular weight excluding hydrogens is 286 g/mol.